The van der Waals surface area contributed by atoms with E-state index in [0.717, 1.165) is 34.1 Å². The van der Waals surface area contributed by atoms with E-state index >= 15 is 0 Å². The van der Waals surface area contributed by atoms with Gasteiger partial charge in [-0.05, 0) is 134 Å². The van der Waals surface area contributed by atoms with E-state index in [0.29, 0.717) is 0 Å². The third-order valence-electron chi connectivity index (χ3n) is 11.0. The molecule has 0 spiro atoms. The lowest BCUT2D eigenvalue weighted by Gasteiger charge is -2.26. The molecule has 0 N–H and O–H groups in total. The Balaban J connectivity index is 0.955. The van der Waals surface area contributed by atoms with E-state index in [1.807, 2.05) is 0 Å². The number of benzene rings is 10. The third kappa shape index (κ3) is 6.78. The Morgan fingerprint density at radius 3 is 1.05 bits per heavy atom. The minimum atomic E-state index is 1.11. The second-order valence-corrected chi connectivity index (χ2v) is 14.6. The standard InChI is InChI=1S/C56H40N2/c1-5-15-45(16-6-1)55-39-46-17-13-14-24-53(46)56-40-52(37-38-54(55)56)58(49-22-11-4-12-23-49)51-35-31-44(32-36-51)42-27-25-41(26-28-42)43-29-33-50(34-30-43)57(47-18-7-2-8-19-47)48-20-9-3-10-21-48/h1-40H. The molecule has 58 heavy (non-hydrogen) atoms. The van der Waals surface area contributed by atoms with Crippen LogP contribution in [0.3, 0.4) is 0 Å². The predicted molar refractivity (Wildman–Crippen MR) is 247 cm³/mol. The van der Waals surface area contributed by atoms with Crippen LogP contribution in [0.1, 0.15) is 0 Å². The van der Waals surface area contributed by atoms with Crippen molar-refractivity contribution in [1.29, 1.82) is 0 Å². The quantitative estimate of drug-likeness (QED) is 0.136. The first kappa shape index (κ1) is 34.8. The fourth-order valence-electron chi connectivity index (χ4n) is 8.17. The Kier molecular flexibility index (Phi) is 9.27. The van der Waals surface area contributed by atoms with Crippen LogP contribution in [0.15, 0.2) is 243 Å². The fraction of sp³-hybridized carbons (Fsp3) is 0. The summed E-state index contributed by atoms with van der Waals surface area (Å²) in [5, 5.41) is 4.98. The first-order chi connectivity index (χ1) is 28.8. The fourth-order valence-corrected chi connectivity index (χ4v) is 8.17. The molecule has 10 aromatic rings. The van der Waals surface area contributed by atoms with Gasteiger partial charge in [-0.15, -0.1) is 0 Å². The van der Waals surface area contributed by atoms with Crippen molar-refractivity contribution >= 4 is 55.7 Å². The van der Waals surface area contributed by atoms with Crippen molar-refractivity contribution in [2.45, 2.75) is 0 Å². The van der Waals surface area contributed by atoms with E-state index in [-0.39, 0.29) is 0 Å². The van der Waals surface area contributed by atoms with Gasteiger partial charge in [-0.3, -0.25) is 0 Å². The smallest absolute Gasteiger partial charge is 0.0468 e. The number of para-hydroxylation sites is 3. The Morgan fingerprint density at radius 1 is 0.207 bits per heavy atom. The maximum atomic E-state index is 2.36. The van der Waals surface area contributed by atoms with Crippen molar-refractivity contribution in [3.05, 3.63) is 243 Å². The van der Waals surface area contributed by atoms with E-state index < -0.39 is 0 Å². The molecule has 0 fully saturated rings. The molecule has 10 rings (SSSR count). The monoisotopic (exact) mass is 740 g/mol. The van der Waals surface area contributed by atoms with Gasteiger partial charge in [-0.25, -0.2) is 0 Å². The molecule has 0 aliphatic heterocycles. The Bertz CT molecular complexity index is 2900. The summed E-state index contributed by atoms with van der Waals surface area (Å²) < 4.78 is 0. The minimum Gasteiger partial charge on any atom is -0.311 e. The average Bonchev–Trinajstić information content (AvgIpc) is 3.31. The Morgan fingerprint density at radius 2 is 0.569 bits per heavy atom. The normalized spacial score (nSPS) is 11.1. The van der Waals surface area contributed by atoms with E-state index in [9.17, 15) is 0 Å². The Hall–Kier alpha value is -7.68. The van der Waals surface area contributed by atoms with Gasteiger partial charge in [0.2, 0.25) is 0 Å². The van der Waals surface area contributed by atoms with Crippen LogP contribution in [-0.4, -0.2) is 0 Å². The van der Waals surface area contributed by atoms with E-state index in [4.69, 9.17) is 0 Å². The van der Waals surface area contributed by atoms with Gasteiger partial charge in [-0.2, -0.15) is 0 Å². The highest BCUT2D eigenvalue weighted by molar-refractivity contribution is 6.15. The zero-order valence-electron chi connectivity index (χ0n) is 32.0. The average molecular weight is 741 g/mol. The van der Waals surface area contributed by atoms with Crippen LogP contribution in [0.5, 0.6) is 0 Å². The molecule has 0 aliphatic carbocycles. The van der Waals surface area contributed by atoms with Crippen LogP contribution in [0.2, 0.25) is 0 Å². The summed E-state index contributed by atoms with van der Waals surface area (Å²) in [5.41, 5.74) is 13.9. The number of fused-ring (bicyclic) bond motifs is 3. The molecule has 0 aromatic heterocycles. The van der Waals surface area contributed by atoms with Crippen LogP contribution >= 0.6 is 0 Å². The number of rotatable bonds is 9. The highest BCUT2D eigenvalue weighted by atomic mass is 15.1. The molecule has 0 unspecified atom stereocenters. The molecule has 2 heteroatoms. The van der Waals surface area contributed by atoms with Crippen LogP contribution in [0.25, 0.3) is 54.9 Å². The highest BCUT2D eigenvalue weighted by Gasteiger charge is 2.17. The molecule has 2 nitrogen and oxygen atoms in total. The van der Waals surface area contributed by atoms with Crippen LogP contribution in [0.4, 0.5) is 34.1 Å². The lowest BCUT2D eigenvalue weighted by Crippen LogP contribution is -2.09. The summed E-state index contributed by atoms with van der Waals surface area (Å²) in [6.07, 6.45) is 0. The summed E-state index contributed by atoms with van der Waals surface area (Å²) in [5.74, 6) is 0. The summed E-state index contributed by atoms with van der Waals surface area (Å²) in [6, 6.07) is 87.1. The molecule has 0 aliphatic rings. The van der Waals surface area contributed by atoms with Crippen LogP contribution in [-0.2, 0) is 0 Å². The summed E-state index contributed by atoms with van der Waals surface area (Å²) in [4.78, 5) is 4.65. The lowest BCUT2D eigenvalue weighted by atomic mass is 9.93. The predicted octanol–water partition coefficient (Wildman–Crippen LogP) is 15.9. The van der Waals surface area contributed by atoms with Crippen LogP contribution < -0.4 is 9.80 Å². The molecule has 0 atom stereocenters. The lowest BCUT2D eigenvalue weighted by molar-refractivity contribution is 1.28. The van der Waals surface area contributed by atoms with Gasteiger partial charge in [-0.1, -0.05) is 164 Å². The molecule has 0 saturated carbocycles. The van der Waals surface area contributed by atoms with E-state index in [1.54, 1.807) is 0 Å². The van der Waals surface area contributed by atoms with Gasteiger partial charge in [0.25, 0.3) is 0 Å². The van der Waals surface area contributed by atoms with Gasteiger partial charge >= 0.3 is 0 Å². The SMILES string of the molecule is c1ccc(-c2cc3ccccc3c3cc(N(c4ccccc4)c4ccc(-c5ccc(-c6ccc(N(c7ccccc7)c7ccccc7)cc6)cc5)cc4)ccc23)cc1. The molecule has 10 aromatic carbocycles. The molecule has 0 amide bonds. The zero-order chi connectivity index (χ0) is 38.7. The van der Waals surface area contributed by atoms with E-state index in [2.05, 4.69) is 252 Å². The van der Waals surface area contributed by atoms with Gasteiger partial charge in [0.1, 0.15) is 0 Å². The third-order valence-corrected chi connectivity index (χ3v) is 11.0. The molecule has 0 bridgehead atoms. The summed E-state index contributed by atoms with van der Waals surface area (Å²) in [6.45, 7) is 0. The minimum absolute atomic E-state index is 1.11. The largest absolute Gasteiger partial charge is 0.311 e. The Labute approximate surface area is 340 Å². The van der Waals surface area contributed by atoms with Crippen molar-refractivity contribution in [2.24, 2.45) is 0 Å². The van der Waals surface area contributed by atoms with Crippen molar-refractivity contribution < 1.29 is 0 Å². The van der Waals surface area contributed by atoms with Gasteiger partial charge in [0.15, 0.2) is 0 Å². The number of hydrogen-bond donors (Lipinski definition) is 0. The first-order valence-electron chi connectivity index (χ1n) is 19.8. The molecule has 0 radical (unpaired) electrons. The maximum Gasteiger partial charge on any atom is 0.0468 e. The van der Waals surface area contributed by atoms with Crippen molar-refractivity contribution in [1.82, 2.24) is 0 Å². The van der Waals surface area contributed by atoms with Crippen molar-refractivity contribution in [3.8, 4) is 33.4 Å². The number of hydrogen-bond acceptors (Lipinski definition) is 2. The molecule has 274 valence electrons. The second kappa shape index (κ2) is 15.5. The molecule has 0 saturated heterocycles. The van der Waals surface area contributed by atoms with Gasteiger partial charge < -0.3 is 9.80 Å². The second-order valence-electron chi connectivity index (χ2n) is 14.6. The topological polar surface area (TPSA) is 6.48 Å². The number of anilines is 6. The first-order valence-corrected chi connectivity index (χ1v) is 19.8. The summed E-state index contributed by atoms with van der Waals surface area (Å²) >= 11 is 0. The van der Waals surface area contributed by atoms with Crippen molar-refractivity contribution in [3.63, 3.8) is 0 Å². The highest BCUT2D eigenvalue weighted by Crippen LogP contribution is 2.42. The van der Waals surface area contributed by atoms with Crippen LogP contribution in [0, 0.1) is 0 Å². The van der Waals surface area contributed by atoms with Gasteiger partial charge in [0.05, 0.1) is 0 Å². The van der Waals surface area contributed by atoms with Gasteiger partial charge in [0, 0.05) is 34.1 Å². The maximum absolute atomic E-state index is 2.36. The molecular weight excluding hydrogens is 701 g/mol. The summed E-state index contributed by atoms with van der Waals surface area (Å²) in [7, 11) is 0. The van der Waals surface area contributed by atoms with E-state index in [1.165, 1.54) is 54.9 Å². The molecule has 0 heterocycles. The number of nitrogens with zero attached hydrogens (tertiary/aromatic N) is 2. The zero-order valence-corrected chi connectivity index (χ0v) is 32.0. The molecular formula is C56H40N2. The van der Waals surface area contributed by atoms with Crippen molar-refractivity contribution in [2.75, 3.05) is 9.80 Å².